The number of nitrogens with one attached hydrogen (secondary N) is 1. The summed E-state index contributed by atoms with van der Waals surface area (Å²) in [5.41, 5.74) is 0.578. The fourth-order valence-electron chi connectivity index (χ4n) is 2.53. The molecule has 4 nitrogen and oxygen atoms in total. The van der Waals surface area contributed by atoms with Gasteiger partial charge in [-0.15, -0.1) is 0 Å². The molecule has 0 bridgehead atoms. The molecule has 0 aliphatic heterocycles. The van der Waals surface area contributed by atoms with Crippen LogP contribution in [-0.2, 0) is 23.9 Å². The Hall–Kier alpha value is -2.80. The summed E-state index contributed by atoms with van der Waals surface area (Å²) >= 11 is 6.12. The smallest absolute Gasteiger partial charge is 0.416 e. The monoisotopic (exact) mass is 408 g/mol. The van der Waals surface area contributed by atoms with Gasteiger partial charge in [-0.2, -0.15) is 13.2 Å². The number of oxazole rings is 1. The molecular formula is C20H16ClF3N2O2. The summed E-state index contributed by atoms with van der Waals surface area (Å²) in [7, 11) is 0. The number of carbonyl (C=O) groups excluding carboxylic acids is 1. The van der Waals surface area contributed by atoms with Gasteiger partial charge in [-0.3, -0.25) is 4.79 Å². The molecule has 0 aliphatic carbocycles. The molecule has 0 spiro atoms. The highest BCUT2D eigenvalue weighted by molar-refractivity contribution is 6.33. The number of aryl methyl sites for hydroxylation is 1. The van der Waals surface area contributed by atoms with E-state index in [0.29, 0.717) is 28.7 Å². The van der Waals surface area contributed by atoms with Crippen molar-refractivity contribution in [3.05, 3.63) is 76.8 Å². The highest BCUT2D eigenvalue weighted by Crippen LogP contribution is 2.29. The first-order valence-corrected chi connectivity index (χ1v) is 8.83. The van der Waals surface area contributed by atoms with E-state index in [-0.39, 0.29) is 18.9 Å². The number of amides is 1. The number of alkyl halides is 3. The van der Waals surface area contributed by atoms with Crippen LogP contribution in [0.15, 0.2) is 59.1 Å². The zero-order chi connectivity index (χ0) is 20.1. The van der Waals surface area contributed by atoms with E-state index in [1.54, 1.807) is 12.3 Å². The van der Waals surface area contributed by atoms with Crippen LogP contribution in [0.2, 0.25) is 5.02 Å². The van der Waals surface area contributed by atoms with E-state index in [4.69, 9.17) is 16.0 Å². The van der Waals surface area contributed by atoms with Gasteiger partial charge < -0.3 is 9.73 Å². The van der Waals surface area contributed by atoms with Crippen LogP contribution in [0, 0.1) is 0 Å². The quantitative estimate of drug-likeness (QED) is 0.605. The van der Waals surface area contributed by atoms with Crippen LogP contribution in [0.4, 0.5) is 13.2 Å². The number of nitrogens with zero attached hydrogens (tertiary/aromatic N) is 1. The van der Waals surface area contributed by atoms with E-state index in [9.17, 15) is 18.0 Å². The van der Waals surface area contributed by atoms with Gasteiger partial charge in [0.1, 0.15) is 0 Å². The van der Waals surface area contributed by atoms with Crippen molar-refractivity contribution in [1.82, 2.24) is 10.3 Å². The third-order valence-electron chi connectivity index (χ3n) is 4.03. The molecule has 3 rings (SSSR count). The minimum absolute atomic E-state index is 0.142. The maximum atomic E-state index is 12.5. The van der Waals surface area contributed by atoms with Crippen molar-refractivity contribution in [1.29, 1.82) is 0 Å². The number of aromatic nitrogens is 1. The second-order valence-corrected chi connectivity index (χ2v) is 6.48. The van der Waals surface area contributed by atoms with Crippen LogP contribution in [0.5, 0.6) is 0 Å². The SMILES string of the molecule is O=C(CCc1ncc(-c2ccccc2Cl)o1)NCc1ccc(C(F)(F)F)cc1. The minimum atomic E-state index is -4.37. The fourth-order valence-corrected chi connectivity index (χ4v) is 2.76. The molecule has 1 N–H and O–H groups in total. The summed E-state index contributed by atoms with van der Waals surface area (Å²) in [6.45, 7) is 0.146. The van der Waals surface area contributed by atoms with Crippen LogP contribution < -0.4 is 5.32 Å². The van der Waals surface area contributed by atoms with Crippen molar-refractivity contribution in [2.24, 2.45) is 0 Å². The predicted molar refractivity (Wildman–Crippen MR) is 98.6 cm³/mol. The van der Waals surface area contributed by atoms with Gasteiger partial charge in [0, 0.05) is 24.9 Å². The Morgan fingerprint density at radius 2 is 1.82 bits per heavy atom. The van der Waals surface area contributed by atoms with Crippen LogP contribution in [0.3, 0.4) is 0 Å². The lowest BCUT2D eigenvalue weighted by atomic mass is 10.1. The van der Waals surface area contributed by atoms with Crippen molar-refractivity contribution in [2.75, 3.05) is 0 Å². The summed E-state index contributed by atoms with van der Waals surface area (Å²) in [5.74, 6) is 0.669. The number of hydrogen-bond acceptors (Lipinski definition) is 3. The first-order chi connectivity index (χ1) is 13.3. The average molecular weight is 409 g/mol. The van der Waals surface area contributed by atoms with Gasteiger partial charge in [-0.25, -0.2) is 4.98 Å². The largest absolute Gasteiger partial charge is 0.441 e. The molecule has 1 aromatic heterocycles. The second-order valence-electron chi connectivity index (χ2n) is 6.07. The zero-order valence-electron chi connectivity index (χ0n) is 14.6. The molecule has 0 aliphatic rings. The Bertz CT molecular complexity index is 953. The predicted octanol–water partition coefficient (Wildman–Crippen LogP) is 5.26. The summed E-state index contributed by atoms with van der Waals surface area (Å²) in [4.78, 5) is 16.1. The summed E-state index contributed by atoms with van der Waals surface area (Å²) in [6, 6.07) is 11.9. The molecule has 0 fully saturated rings. The lowest BCUT2D eigenvalue weighted by Crippen LogP contribution is -2.23. The van der Waals surface area contributed by atoms with E-state index in [1.807, 2.05) is 18.2 Å². The van der Waals surface area contributed by atoms with Crippen molar-refractivity contribution >= 4 is 17.5 Å². The number of carbonyl (C=O) groups is 1. The van der Waals surface area contributed by atoms with Crippen molar-refractivity contribution in [3.8, 4) is 11.3 Å². The van der Waals surface area contributed by atoms with Crippen molar-refractivity contribution < 1.29 is 22.4 Å². The first kappa shape index (κ1) is 19.9. The highest BCUT2D eigenvalue weighted by atomic mass is 35.5. The highest BCUT2D eigenvalue weighted by Gasteiger charge is 2.29. The van der Waals surface area contributed by atoms with E-state index < -0.39 is 11.7 Å². The standard InChI is InChI=1S/C20H16ClF3N2O2/c21-16-4-2-1-3-15(16)17-12-26-19(28-17)10-9-18(27)25-11-13-5-7-14(8-6-13)20(22,23)24/h1-8,12H,9-11H2,(H,25,27). The zero-order valence-corrected chi connectivity index (χ0v) is 15.3. The van der Waals surface area contributed by atoms with Gasteiger partial charge in [0.25, 0.3) is 0 Å². The minimum Gasteiger partial charge on any atom is -0.441 e. The van der Waals surface area contributed by atoms with E-state index >= 15 is 0 Å². The van der Waals surface area contributed by atoms with E-state index in [1.165, 1.54) is 12.1 Å². The molecule has 0 atom stereocenters. The Balaban J connectivity index is 1.49. The number of benzene rings is 2. The lowest BCUT2D eigenvalue weighted by molar-refractivity contribution is -0.137. The van der Waals surface area contributed by atoms with Crippen LogP contribution >= 0.6 is 11.6 Å². The van der Waals surface area contributed by atoms with Gasteiger partial charge in [0.2, 0.25) is 5.91 Å². The molecule has 146 valence electrons. The average Bonchev–Trinajstić information content (AvgIpc) is 3.13. The molecule has 0 unspecified atom stereocenters. The molecule has 8 heteroatoms. The molecule has 0 saturated carbocycles. The van der Waals surface area contributed by atoms with Crippen LogP contribution in [-0.4, -0.2) is 10.9 Å². The fraction of sp³-hybridized carbons (Fsp3) is 0.200. The normalized spacial score (nSPS) is 11.4. The maximum absolute atomic E-state index is 12.5. The van der Waals surface area contributed by atoms with Crippen molar-refractivity contribution in [3.63, 3.8) is 0 Å². The topological polar surface area (TPSA) is 55.1 Å². The van der Waals surface area contributed by atoms with Gasteiger partial charge in [0.05, 0.1) is 16.8 Å². The van der Waals surface area contributed by atoms with Crippen LogP contribution in [0.1, 0.15) is 23.4 Å². The van der Waals surface area contributed by atoms with Crippen molar-refractivity contribution in [2.45, 2.75) is 25.6 Å². The summed E-state index contributed by atoms with van der Waals surface area (Å²) in [5, 5.41) is 3.21. The molecule has 0 saturated heterocycles. The Morgan fingerprint density at radius 1 is 1.11 bits per heavy atom. The molecule has 28 heavy (non-hydrogen) atoms. The van der Waals surface area contributed by atoms with Gasteiger partial charge >= 0.3 is 6.18 Å². The second kappa shape index (κ2) is 8.48. The van der Waals surface area contributed by atoms with Gasteiger partial charge in [-0.05, 0) is 29.8 Å². The van der Waals surface area contributed by atoms with E-state index in [2.05, 4.69) is 10.3 Å². The number of halogens is 4. The third-order valence-corrected chi connectivity index (χ3v) is 4.36. The molecular weight excluding hydrogens is 393 g/mol. The lowest BCUT2D eigenvalue weighted by Gasteiger charge is -2.08. The number of rotatable bonds is 6. The maximum Gasteiger partial charge on any atom is 0.416 e. The molecule has 1 heterocycles. The molecule has 2 aromatic carbocycles. The summed E-state index contributed by atoms with van der Waals surface area (Å²) < 4.78 is 43.2. The number of hydrogen-bond donors (Lipinski definition) is 1. The Kier molecular flexibility index (Phi) is 6.04. The van der Waals surface area contributed by atoms with E-state index in [0.717, 1.165) is 17.7 Å². The van der Waals surface area contributed by atoms with Crippen LogP contribution in [0.25, 0.3) is 11.3 Å². The molecule has 1 amide bonds. The first-order valence-electron chi connectivity index (χ1n) is 8.45. The third kappa shape index (κ3) is 5.13. The van der Waals surface area contributed by atoms with Gasteiger partial charge in [0.15, 0.2) is 11.7 Å². The summed E-state index contributed by atoms with van der Waals surface area (Å²) in [6.07, 6.45) is -2.39. The van der Waals surface area contributed by atoms with Gasteiger partial charge in [-0.1, -0.05) is 35.9 Å². The Labute approximate surface area is 164 Å². The Morgan fingerprint density at radius 3 is 2.50 bits per heavy atom. The molecule has 3 aromatic rings. The molecule has 0 radical (unpaired) electrons.